The second-order valence-electron chi connectivity index (χ2n) is 5.92. The second-order valence-corrected chi connectivity index (χ2v) is 5.92. The van der Waals surface area contributed by atoms with Gasteiger partial charge >= 0.3 is 0 Å². The quantitative estimate of drug-likeness (QED) is 0.912. The SMILES string of the molecule is Cc1cnn(C[C@@H]2CN(C[C@@H](O)c3ccccc3)CCO2)c1. The third kappa shape index (κ3) is 3.94. The van der Waals surface area contributed by atoms with Crippen LogP contribution in [0.3, 0.4) is 0 Å². The molecule has 1 fully saturated rings. The molecule has 1 aromatic heterocycles. The molecule has 2 atom stereocenters. The van der Waals surface area contributed by atoms with Crippen molar-refractivity contribution in [3.63, 3.8) is 0 Å². The summed E-state index contributed by atoms with van der Waals surface area (Å²) < 4.78 is 7.75. The van der Waals surface area contributed by atoms with E-state index in [1.54, 1.807) is 0 Å². The van der Waals surface area contributed by atoms with E-state index < -0.39 is 6.10 Å². The summed E-state index contributed by atoms with van der Waals surface area (Å²) in [5.74, 6) is 0. The monoisotopic (exact) mass is 301 g/mol. The van der Waals surface area contributed by atoms with E-state index in [2.05, 4.69) is 10.00 Å². The zero-order chi connectivity index (χ0) is 15.4. The number of morpholine rings is 1. The van der Waals surface area contributed by atoms with Gasteiger partial charge in [-0.3, -0.25) is 9.58 Å². The summed E-state index contributed by atoms with van der Waals surface area (Å²) in [6.07, 6.45) is 3.56. The Morgan fingerprint density at radius 2 is 2.18 bits per heavy atom. The highest BCUT2D eigenvalue weighted by molar-refractivity contribution is 5.17. The fraction of sp³-hybridized carbons (Fsp3) is 0.471. The van der Waals surface area contributed by atoms with Crippen LogP contribution in [-0.2, 0) is 11.3 Å². The molecule has 1 N–H and O–H groups in total. The maximum Gasteiger partial charge on any atom is 0.0916 e. The maximum atomic E-state index is 10.4. The van der Waals surface area contributed by atoms with Crippen LogP contribution in [0.1, 0.15) is 17.2 Å². The molecule has 22 heavy (non-hydrogen) atoms. The van der Waals surface area contributed by atoms with Crippen LogP contribution >= 0.6 is 0 Å². The third-order valence-corrected chi connectivity index (χ3v) is 3.99. The lowest BCUT2D eigenvalue weighted by Crippen LogP contribution is -2.45. The minimum absolute atomic E-state index is 0.121. The highest BCUT2D eigenvalue weighted by Crippen LogP contribution is 2.16. The van der Waals surface area contributed by atoms with Crippen LogP contribution < -0.4 is 0 Å². The van der Waals surface area contributed by atoms with Crippen molar-refractivity contribution >= 4 is 0 Å². The van der Waals surface area contributed by atoms with Gasteiger partial charge in [0.05, 0.1) is 31.6 Å². The van der Waals surface area contributed by atoms with E-state index in [1.165, 1.54) is 0 Å². The zero-order valence-corrected chi connectivity index (χ0v) is 12.9. The fourth-order valence-electron chi connectivity index (χ4n) is 2.86. The smallest absolute Gasteiger partial charge is 0.0916 e. The van der Waals surface area contributed by atoms with Crippen LogP contribution in [0.25, 0.3) is 0 Å². The lowest BCUT2D eigenvalue weighted by Gasteiger charge is -2.34. The van der Waals surface area contributed by atoms with Crippen LogP contribution in [0, 0.1) is 6.92 Å². The molecule has 1 aliphatic rings. The molecule has 2 heterocycles. The number of aliphatic hydroxyl groups is 1. The zero-order valence-electron chi connectivity index (χ0n) is 12.9. The van der Waals surface area contributed by atoms with Gasteiger partial charge in [-0.15, -0.1) is 0 Å². The lowest BCUT2D eigenvalue weighted by molar-refractivity contribution is -0.0486. The number of aliphatic hydroxyl groups excluding tert-OH is 1. The van der Waals surface area contributed by atoms with Crippen molar-refractivity contribution in [1.82, 2.24) is 14.7 Å². The minimum Gasteiger partial charge on any atom is -0.387 e. The van der Waals surface area contributed by atoms with Gasteiger partial charge in [-0.1, -0.05) is 30.3 Å². The Morgan fingerprint density at radius 1 is 1.36 bits per heavy atom. The molecule has 1 aromatic carbocycles. The van der Waals surface area contributed by atoms with Crippen molar-refractivity contribution in [2.45, 2.75) is 25.7 Å². The Morgan fingerprint density at radius 3 is 2.91 bits per heavy atom. The molecule has 0 aliphatic carbocycles. The van der Waals surface area contributed by atoms with Gasteiger partial charge in [-0.25, -0.2) is 0 Å². The Labute approximate surface area is 131 Å². The van der Waals surface area contributed by atoms with Crippen molar-refractivity contribution in [2.75, 3.05) is 26.2 Å². The lowest BCUT2D eigenvalue weighted by atomic mass is 10.1. The Kier molecular flexibility index (Phi) is 4.87. The number of nitrogens with zero attached hydrogens (tertiary/aromatic N) is 3. The van der Waals surface area contributed by atoms with E-state index in [4.69, 9.17) is 4.74 Å². The predicted molar refractivity (Wildman–Crippen MR) is 84.5 cm³/mol. The van der Waals surface area contributed by atoms with Crippen LogP contribution in [0.4, 0.5) is 0 Å². The molecular formula is C17H23N3O2. The summed E-state index contributed by atoms with van der Waals surface area (Å²) in [6.45, 7) is 5.81. The second kappa shape index (κ2) is 7.05. The summed E-state index contributed by atoms with van der Waals surface area (Å²) in [7, 11) is 0. The topological polar surface area (TPSA) is 50.5 Å². The summed E-state index contributed by atoms with van der Waals surface area (Å²) in [6, 6.07) is 9.82. The van der Waals surface area contributed by atoms with Gasteiger partial charge in [0.2, 0.25) is 0 Å². The number of aryl methyl sites for hydroxylation is 1. The fourth-order valence-corrected chi connectivity index (χ4v) is 2.86. The van der Waals surface area contributed by atoms with E-state index in [0.717, 1.165) is 30.8 Å². The number of benzene rings is 1. The molecule has 0 spiro atoms. The summed E-state index contributed by atoms with van der Waals surface area (Å²) in [5, 5.41) is 14.7. The van der Waals surface area contributed by atoms with Crippen molar-refractivity contribution in [3.05, 3.63) is 53.9 Å². The highest BCUT2D eigenvalue weighted by atomic mass is 16.5. The largest absolute Gasteiger partial charge is 0.387 e. The van der Waals surface area contributed by atoms with Gasteiger partial charge in [0.15, 0.2) is 0 Å². The van der Waals surface area contributed by atoms with Gasteiger partial charge in [-0.2, -0.15) is 5.10 Å². The van der Waals surface area contributed by atoms with E-state index in [9.17, 15) is 5.11 Å². The number of hydrogen-bond donors (Lipinski definition) is 1. The maximum absolute atomic E-state index is 10.4. The summed E-state index contributed by atoms with van der Waals surface area (Å²) in [4.78, 5) is 2.27. The molecule has 1 saturated heterocycles. The third-order valence-electron chi connectivity index (χ3n) is 3.99. The number of β-amino-alcohol motifs (C(OH)–C–C–N with tert-alkyl or cyclic N) is 1. The van der Waals surface area contributed by atoms with Gasteiger partial charge in [-0.05, 0) is 18.1 Å². The molecule has 3 rings (SSSR count). The molecule has 0 radical (unpaired) electrons. The van der Waals surface area contributed by atoms with Gasteiger partial charge < -0.3 is 9.84 Å². The van der Waals surface area contributed by atoms with E-state index >= 15 is 0 Å². The van der Waals surface area contributed by atoms with E-state index in [1.807, 2.05) is 54.3 Å². The van der Waals surface area contributed by atoms with Gasteiger partial charge in [0.25, 0.3) is 0 Å². The highest BCUT2D eigenvalue weighted by Gasteiger charge is 2.23. The first kappa shape index (κ1) is 15.2. The molecule has 1 aliphatic heterocycles. The first-order valence-corrected chi connectivity index (χ1v) is 7.77. The van der Waals surface area contributed by atoms with E-state index in [0.29, 0.717) is 13.2 Å². The average Bonchev–Trinajstić information content (AvgIpc) is 2.93. The first-order chi connectivity index (χ1) is 10.7. The van der Waals surface area contributed by atoms with Crippen LogP contribution in [0.2, 0.25) is 0 Å². The van der Waals surface area contributed by atoms with Crippen molar-refractivity contribution in [2.24, 2.45) is 0 Å². The molecule has 5 heteroatoms. The molecule has 5 nitrogen and oxygen atoms in total. The first-order valence-electron chi connectivity index (χ1n) is 7.77. The Hall–Kier alpha value is -1.69. The molecule has 0 bridgehead atoms. The molecular weight excluding hydrogens is 278 g/mol. The number of aromatic nitrogens is 2. The predicted octanol–water partition coefficient (Wildman–Crippen LogP) is 1.63. The molecule has 0 amide bonds. The van der Waals surface area contributed by atoms with E-state index in [-0.39, 0.29) is 6.10 Å². The minimum atomic E-state index is -0.452. The van der Waals surface area contributed by atoms with Crippen molar-refractivity contribution < 1.29 is 9.84 Å². The van der Waals surface area contributed by atoms with Gasteiger partial charge in [0.1, 0.15) is 0 Å². The van der Waals surface area contributed by atoms with Crippen molar-refractivity contribution in [1.29, 1.82) is 0 Å². The van der Waals surface area contributed by atoms with Crippen LogP contribution in [0.5, 0.6) is 0 Å². The van der Waals surface area contributed by atoms with Crippen LogP contribution in [-0.4, -0.2) is 52.1 Å². The number of hydrogen-bond acceptors (Lipinski definition) is 4. The Bertz CT molecular complexity index is 585. The van der Waals surface area contributed by atoms with Gasteiger partial charge in [0, 0.05) is 25.8 Å². The Balaban J connectivity index is 1.54. The normalized spacial score (nSPS) is 20.9. The number of rotatable bonds is 5. The average molecular weight is 301 g/mol. The molecule has 2 aromatic rings. The molecule has 0 saturated carbocycles. The molecule has 118 valence electrons. The summed E-state index contributed by atoms with van der Waals surface area (Å²) in [5.41, 5.74) is 2.13. The standard InChI is InChI=1S/C17H23N3O2/c1-14-9-18-20(10-14)12-16-11-19(7-8-22-16)13-17(21)15-5-3-2-4-6-15/h2-6,9-10,16-17,21H,7-8,11-13H2,1H3/t16-,17+/m0/s1. The molecule has 0 unspecified atom stereocenters. The summed E-state index contributed by atoms with van der Waals surface area (Å²) >= 11 is 0. The number of ether oxygens (including phenoxy) is 1. The van der Waals surface area contributed by atoms with Crippen molar-refractivity contribution in [3.8, 4) is 0 Å². The van der Waals surface area contributed by atoms with Crippen LogP contribution in [0.15, 0.2) is 42.7 Å².